The number of nitrogens with zero attached hydrogens (tertiary/aromatic N) is 1. The molecule has 110 valence electrons. The Morgan fingerprint density at radius 3 is 3.05 bits per heavy atom. The first kappa shape index (κ1) is 13.8. The van der Waals surface area contributed by atoms with E-state index < -0.39 is 0 Å². The second-order valence-corrected chi connectivity index (χ2v) is 6.91. The SMILES string of the molecule is CCCC1(CN2CCOC3CCCC32)CCCNC1. The van der Waals surface area contributed by atoms with Gasteiger partial charge in [0.25, 0.3) is 0 Å². The monoisotopic (exact) mass is 266 g/mol. The van der Waals surface area contributed by atoms with Crippen molar-refractivity contribution in [3.05, 3.63) is 0 Å². The highest BCUT2D eigenvalue weighted by Crippen LogP contribution is 2.37. The van der Waals surface area contributed by atoms with Crippen molar-refractivity contribution in [2.45, 2.75) is 64.0 Å². The van der Waals surface area contributed by atoms with Gasteiger partial charge in [-0.25, -0.2) is 0 Å². The molecular weight excluding hydrogens is 236 g/mol. The van der Waals surface area contributed by atoms with E-state index in [4.69, 9.17) is 4.74 Å². The minimum absolute atomic E-state index is 0.539. The lowest BCUT2D eigenvalue weighted by Gasteiger charge is -2.46. The van der Waals surface area contributed by atoms with Gasteiger partial charge in [0.2, 0.25) is 0 Å². The summed E-state index contributed by atoms with van der Waals surface area (Å²) < 4.78 is 5.96. The van der Waals surface area contributed by atoms with Crippen molar-refractivity contribution in [2.24, 2.45) is 5.41 Å². The summed E-state index contributed by atoms with van der Waals surface area (Å²) in [5, 5.41) is 3.65. The predicted molar refractivity (Wildman–Crippen MR) is 78.4 cm³/mol. The molecule has 0 spiro atoms. The largest absolute Gasteiger partial charge is 0.375 e. The third-order valence-electron chi connectivity index (χ3n) is 5.48. The first-order valence-corrected chi connectivity index (χ1v) is 8.39. The Hall–Kier alpha value is -0.120. The Balaban J connectivity index is 1.66. The molecule has 1 aliphatic carbocycles. The number of hydrogen-bond acceptors (Lipinski definition) is 3. The van der Waals surface area contributed by atoms with Crippen LogP contribution < -0.4 is 5.32 Å². The Bertz CT molecular complexity index is 283. The molecule has 3 fully saturated rings. The van der Waals surface area contributed by atoms with E-state index in [-0.39, 0.29) is 0 Å². The molecule has 3 rings (SSSR count). The van der Waals surface area contributed by atoms with Crippen LogP contribution in [0.1, 0.15) is 51.9 Å². The van der Waals surface area contributed by atoms with Gasteiger partial charge >= 0.3 is 0 Å². The Labute approximate surface area is 118 Å². The standard InChI is InChI=1S/C16H30N2O/c1-2-7-16(8-4-9-17-12-16)13-18-10-11-19-15-6-3-5-14(15)18/h14-15,17H,2-13H2,1H3. The fourth-order valence-corrected chi connectivity index (χ4v) is 4.62. The molecular formula is C16H30N2O. The van der Waals surface area contributed by atoms with E-state index in [1.54, 1.807) is 0 Å². The Kier molecular flexibility index (Phi) is 4.45. The topological polar surface area (TPSA) is 24.5 Å². The lowest BCUT2D eigenvalue weighted by Crippen LogP contribution is -2.55. The Morgan fingerprint density at radius 2 is 2.26 bits per heavy atom. The van der Waals surface area contributed by atoms with E-state index in [0.29, 0.717) is 11.5 Å². The van der Waals surface area contributed by atoms with Crippen LogP contribution in [0.3, 0.4) is 0 Å². The van der Waals surface area contributed by atoms with Crippen LogP contribution in [0.25, 0.3) is 0 Å². The molecule has 1 saturated carbocycles. The van der Waals surface area contributed by atoms with Crippen molar-refractivity contribution in [1.82, 2.24) is 10.2 Å². The molecule has 2 saturated heterocycles. The fraction of sp³-hybridized carbons (Fsp3) is 1.00. The second kappa shape index (κ2) is 6.11. The maximum atomic E-state index is 5.96. The van der Waals surface area contributed by atoms with E-state index in [2.05, 4.69) is 17.1 Å². The second-order valence-electron chi connectivity index (χ2n) is 6.91. The molecule has 3 heteroatoms. The quantitative estimate of drug-likeness (QED) is 0.846. The van der Waals surface area contributed by atoms with Crippen LogP contribution in [0.15, 0.2) is 0 Å². The van der Waals surface area contributed by atoms with Crippen LogP contribution >= 0.6 is 0 Å². The third-order valence-corrected chi connectivity index (χ3v) is 5.48. The zero-order chi connectivity index (χ0) is 13.1. The van der Waals surface area contributed by atoms with E-state index in [0.717, 1.165) is 19.2 Å². The van der Waals surface area contributed by atoms with Crippen molar-refractivity contribution in [3.63, 3.8) is 0 Å². The molecule has 2 aliphatic heterocycles. The molecule has 3 aliphatic rings. The van der Waals surface area contributed by atoms with Gasteiger partial charge in [0, 0.05) is 25.7 Å². The smallest absolute Gasteiger partial charge is 0.0730 e. The summed E-state index contributed by atoms with van der Waals surface area (Å²) in [7, 11) is 0. The minimum Gasteiger partial charge on any atom is -0.375 e. The molecule has 0 radical (unpaired) electrons. The van der Waals surface area contributed by atoms with Crippen LogP contribution in [0, 0.1) is 5.41 Å². The summed E-state index contributed by atoms with van der Waals surface area (Å²) in [5.41, 5.74) is 0.539. The number of fused-ring (bicyclic) bond motifs is 1. The summed E-state index contributed by atoms with van der Waals surface area (Å²) in [4.78, 5) is 2.78. The van der Waals surface area contributed by atoms with Gasteiger partial charge < -0.3 is 10.1 Å². The van der Waals surface area contributed by atoms with E-state index >= 15 is 0 Å². The lowest BCUT2D eigenvalue weighted by atomic mass is 9.76. The maximum Gasteiger partial charge on any atom is 0.0730 e. The average Bonchev–Trinajstić information content (AvgIpc) is 2.89. The van der Waals surface area contributed by atoms with Crippen molar-refractivity contribution >= 4 is 0 Å². The fourth-order valence-electron chi connectivity index (χ4n) is 4.62. The van der Waals surface area contributed by atoms with Gasteiger partial charge in [-0.3, -0.25) is 4.90 Å². The normalized spacial score (nSPS) is 40.3. The summed E-state index contributed by atoms with van der Waals surface area (Å²) in [6.45, 7) is 8.21. The number of rotatable bonds is 4. The molecule has 3 nitrogen and oxygen atoms in total. The molecule has 3 unspecified atom stereocenters. The Morgan fingerprint density at radius 1 is 1.32 bits per heavy atom. The van der Waals surface area contributed by atoms with Crippen LogP contribution in [0.2, 0.25) is 0 Å². The van der Waals surface area contributed by atoms with Gasteiger partial charge in [-0.15, -0.1) is 0 Å². The van der Waals surface area contributed by atoms with Crippen molar-refractivity contribution < 1.29 is 4.74 Å². The van der Waals surface area contributed by atoms with Crippen molar-refractivity contribution in [2.75, 3.05) is 32.8 Å². The van der Waals surface area contributed by atoms with E-state index in [9.17, 15) is 0 Å². The van der Waals surface area contributed by atoms with Gasteiger partial charge in [-0.05, 0) is 50.5 Å². The van der Waals surface area contributed by atoms with Crippen LogP contribution in [0.4, 0.5) is 0 Å². The van der Waals surface area contributed by atoms with Gasteiger partial charge in [0.05, 0.1) is 12.7 Å². The predicted octanol–water partition coefficient (Wildman–Crippen LogP) is 2.41. The number of nitrogens with one attached hydrogen (secondary N) is 1. The maximum absolute atomic E-state index is 5.96. The van der Waals surface area contributed by atoms with Crippen molar-refractivity contribution in [1.29, 1.82) is 0 Å². The van der Waals surface area contributed by atoms with Gasteiger partial charge in [0.15, 0.2) is 0 Å². The molecule has 3 atom stereocenters. The lowest BCUT2D eigenvalue weighted by molar-refractivity contribution is -0.0719. The van der Waals surface area contributed by atoms with E-state index in [1.165, 1.54) is 64.6 Å². The summed E-state index contributed by atoms with van der Waals surface area (Å²) in [6.07, 6.45) is 10.0. The first-order valence-electron chi connectivity index (χ1n) is 8.39. The number of ether oxygens (including phenoxy) is 1. The molecule has 0 bridgehead atoms. The minimum atomic E-state index is 0.539. The first-order chi connectivity index (χ1) is 9.33. The number of morpholine rings is 1. The molecule has 0 aromatic rings. The molecule has 0 aromatic carbocycles. The third kappa shape index (κ3) is 2.98. The molecule has 1 N–H and O–H groups in total. The van der Waals surface area contributed by atoms with Gasteiger partial charge in [-0.1, -0.05) is 13.3 Å². The average molecular weight is 266 g/mol. The highest BCUT2D eigenvalue weighted by Gasteiger charge is 2.40. The highest BCUT2D eigenvalue weighted by atomic mass is 16.5. The van der Waals surface area contributed by atoms with Gasteiger partial charge in [-0.2, -0.15) is 0 Å². The molecule has 19 heavy (non-hydrogen) atoms. The van der Waals surface area contributed by atoms with Crippen LogP contribution in [-0.4, -0.2) is 49.8 Å². The van der Waals surface area contributed by atoms with Crippen molar-refractivity contribution in [3.8, 4) is 0 Å². The van der Waals surface area contributed by atoms with Crippen LogP contribution in [-0.2, 0) is 4.74 Å². The molecule has 0 amide bonds. The summed E-state index contributed by atoms with van der Waals surface area (Å²) in [6, 6.07) is 0.726. The zero-order valence-corrected chi connectivity index (χ0v) is 12.5. The number of hydrogen-bond donors (Lipinski definition) is 1. The number of piperidine rings is 1. The van der Waals surface area contributed by atoms with E-state index in [1.807, 2.05) is 0 Å². The van der Waals surface area contributed by atoms with Gasteiger partial charge in [0.1, 0.15) is 0 Å². The molecule has 0 aromatic heterocycles. The molecule has 2 heterocycles. The highest BCUT2D eigenvalue weighted by molar-refractivity contribution is 4.95. The summed E-state index contributed by atoms with van der Waals surface area (Å²) in [5.74, 6) is 0. The van der Waals surface area contributed by atoms with Crippen LogP contribution in [0.5, 0.6) is 0 Å². The summed E-state index contributed by atoms with van der Waals surface area (Å²) >= 11 is 0. The zero-order valence-electron chi connectivity index (χ0n) is 12.5.